The first kappa shape index (κ1) is 12.8. The van der Waals surface area contributed by atoms with Crippen molar-refractivity contribution in [2.45, 2.75) is 32.6 Å². The van der Waals surface area contributed by atoms with Gasteiger partial charge < -0.3 is 4.90 Å². The van der Waals surface area contributed by atoms with Gasteiger partial charge in [0.2, 0.25) is 5.91 Å². The quantitative estimate of drug-likeness (QED) is 0.710. The van der Waals surface area contributed by atoms with E-state index in [-0.39, 0.29) is 0 Å². The van der Waals surface area contributed by atoms with Crippen LogP contribution in [0.15, 0.2) is 36.4 Å². The number of carbonyl (C=O) groups excluding carboxylic acids is 1. The number of hydrogen-bond acceptors (Lipinski definition) is 1. The van der Waals surface area contributed by atoms with Gasteiger partial charge in [-0.15, -0.1) is 0 Å². The van der Waals surface area contributed by atoms with Crippen molar-refractivity contribution >= 4 is 5.91 Å². The van der Waals surface area contributed by atoms with Crippen molar-refractivity contribution in [3.63, 3.8) is 0 Å². The molecule has 2 nitrogen and oxygen atoms in total. The van der Waals surface area contributed by atoms with Crippen LogP contribution in [0.2, 0.25) is 0 Å². The Labute approximate surface area is 98.3 Å². The summed E-state index contributed by atoms with van der Waals surface area (Å²) in [4.78, 5) is 13.1. The summed E-state index contributed by atoms with van der Waals surface area (Å²) in [6.07, 6.45) is 4.37. The molecule has 0 atom stereocenters. The van der Waals surface area contributed by atoms with Crippen LogP contribution in [0.4, 0.5) is 0 Å². The van der Waals surface area contributed by atoms with Crippen LogP contribution in [0.25, 0.3) is 0 Å². The predicted molar refractivity (Wildman–Crippen MR) is 67.2 cm³/mol. The minimum Gasteiger partial charge on any atom is -0.343 e. The maximum absolute atomic E-state index is 11.1. The summed E-state index contributed by atoms with van der Waals surface area (Å²) in [5.41, 5.74) is 0. The molecule has 1 aromatic rings. The summed E-state index contributed by atoms with van der Waals surface area (Å²) in [5.74, 6) is 0.319. The number of nitrogens with zero attached hydrogens (tertiary/aromatic N) is 1. The summed E-state index contributed by atoms with van der Waals surface area (Å²) in [7, 11) is 0. The van der Waals surface area contributed by atoms with Gasteiger partial charge in [-0.1, -0.05) is 43.3 Å². The van der Waals surface area contributed by atoms with Crippen LogP contribution in [0.5, 0.6) is 0 Å². The molecule has 1 fully saturated rings. The summed E-state index contributed by atoms with van der Waals surface area (Å²) < 4.78 is 0. The minimum atomic E-state index is 0.319. The molecule has 0 radical (unpaired) electrons. The lowest BCUT2D eigenvalue weighted by Gasteiger charge is -2.26. The average molecular weight is 219 g/mol. The number of amides is 1. The van der Waals surface area contributed by atoms with Crippen molar-refractivity contribution in [3.05, 3.63) is 36.4 Å². The number of carbonyl (C=O) groups is 1. The highest BCUT2D eigenvalue weighted by Crippen LogP contribution is 2.09. The molecule has 0 spiro atoms. The lowest BCUT2D eigenvalue weighted by molar-refractivity contribution is -0.131. The average Bonchev–Trinajstić information content (AvgIpc) is 2.41. The second-order valence-electron chi connectivity index (χ2n) is 3.95. The van der Waals surface area contributed by atoms with Gasteiger partial charge in [-0.05, 0) is 19.3 Å². The third-order valence-electron chi connectivity index (χ3n) is 2.68. The number of hydrogen-bond donors (Lipinski definition) is 0. The standard InChI is InChI=1S/C8H15NO.C6H6/c1-2-8(10)9-6-4-3-5-7-9;1-2-4-6-5-3-1/h2-7H2,1H3;1-6H. The van der Waals surface area contributed by atoms with E-state index in [0.29, 0.717) is 12.3 Å². The number of piperidine rings is 1. The topological polar surface area (TPSA) is 20.3 Å². The van der Waals surface area contributed by atoms with Gasteiger partial charge >= 0.3 is 0 Å². The first-order valence-corrected chi connectivity index (χ1v) is 6.12. The molecule has 0 saturated carbocycles. The second-order valence-corrected chi connectivity index (χ2v) is 3.95. The third-order valence-corrected chi connectivity index (χ3v) is 2.68. The fourth-order valence-electron chi connectivity index (χ4n) is 1.75. The van der Waals surface area contributed by atoms with E-state index in [2.05, 4.69) is 0 Å². The number of likely N-dealkylation sites (tertiary alicyclic amines) is 1. The van der Waals surface area contributed by atoms with Crippen molar-refractivity contribution in [3.8, 4) is 0 Å². The second kappa shape index (κ2) is 7.91. The largest absolute Gasteiger partial charge is 0.343 e. The van der Waals surface area contributed by atoms with Crippen molar-refractivity contribution in [2.75, 3.05) is 13.1 Å². The van der Waals surface area contributed by atoms with E-state index >= 15 is 0 Å². The summed E-state index contributed by atoms with van der Waals surface area (Å²) >= 11 is 0. The maximum Gasteiger partial charge on any atom is 0.222 e. The van der Waals surface area contributed by atoms with Crippen LogP contribution in [-0.2, 0) is 4.79 Å². The Kier molecular flexibility index (Phi) is 6.31. The molecule has 1 aliphatic rings. The van der Waals surface area contributed by atoms with Gasteiger partial charge in [0.1, 0.15) is 0 Å². The predicted octanol–water partition coefficient (Wildman–Crippen LogP) is 3.10. The van der Waals surface area contributed by atoms with Gasteiger partial charge in [0.15, 0.2) is 0 Å². The van der Waals surface area contributed by atoms with E-state index in [4.69, 9.17) is 0 Å². The normalized spacial score (nSPS) is 14.9. The lowest BCUT2D eigenvalue weighted by atomic mass is 10.1. The minimum absolute atomic E-state index is 0.319. The van der Waals surface area contributed by atoms with E-state index in [9.17, 15) is 4.79 Å². The Morgan fingerprint density at radius 2 is 1.38 bits per heavy atom. The third kappa shape index (κ3) is 4.96. The molecule has 1 amide bonds. The van der Waals surface area contributed by atoms with Gasteiger partial charge in [-0.25, -0.2) is 0 Å². The number of benzene rings is 1. The zero-order chi connectivity index (χ0) is 11.6. The van der Waals surface area contributed by atoms with Crippen LogP contribution in [0.1, 0.15) is 32.6 Å². The molecule has 0 aromatic heterocycles. The molecule has 1 heterocycles. The van der Waals surface area contributed by atoms with Crippen LogP contribution in [0, 0.1) is 0 Å². The highest BCUT2D eigenvalue weighted by molar-refractivity contribution is 5.75. The molecule has 1 aliphatic heterocycles. The van der Waals surface area contributed by atoms with E-state index < -0.39 is 0 Å². The van der Waals surface area contributed by atoms with Crippen LogP contribution >= 0.6 is 0 Å². The van der Waals surface area contributed by atoms with Crippen molar-refractivity contribution in [1.82, 2.24) is 4.90 Å². The van der Waals surface area contributed by atoms with E-state index in [1.165, 1.54) is 19.3 Å². The fourth-order valence-corrected chi connectivity index (χ4v) is 1.75. The Balaban J connectivity index is 0.000000181. The highest BCUT2D eigenvalue weighted by Gasteiger charge is 2.13. The van der Waals surface area contributed by atoms with Crippen LogP contribution in [0.3, 0.4) is 0 Å². The van der Waals surface area contributed by atoms with Crippen LogP contribution in [-0.4, -0.2) is 23.9 Å². The van der Waals surface area contributed by atoms with Gasteiger partial charge in [-0.2, -0.15) is 0 Å². The smallest absolute Gasteiger partial charge is 0.222 e. The molecule has 88 valence electrons. The highest BCUT2D eigenvalue weighted by atomic mass is 16.2. The van der Waals surface area contributed by atoms with Gasteiger partial charge in [-0.3, -0.25) is 4.79 Å². The molecule has 16 heavy (non-hydrogen) atoms. The zero-order valence-corrected chi connectivity index (χ0v) is 10.1. The van der Waals surface area contributed by atoms with E-state index in [1.54, 1.807) is 0 Å². The molecular formula is C14H21NO. The van der Waals surface area contributed by atoms with Crippen molar-refractivity contribution < 1.29 is 4.79 Å². The Morgan fingerprint density at radius 1 is 0.938 bits per heavy atom. The molecule has 1 saturated heterocycles. The van der Waals surface area contributed by atoms with Gasteiger partial charge in [0.25, 0.3) is 0 Å². The van der Waals surface area contributed by atoms with Crippen molar-refractivity contribution in [1.29, 1.82) is 0 Å². The fraction of sp³-hybridized carbons (Fsp3) is 0.500. The van der Waals surface area contributed by atoms with Crippen molar-refractivity contribution in [2.24, 2.45) is 0 Å². The Morgan fingerprint density at radius 3 is 1.75 bits per heavy atom. The first-order valence-electron chi connectivity index (χ1n) is 6.12. The molecule has 0 bridgehead atoms. The van der Waals surface area contributed by atoms with Gasteiger partial charge in [0.05, 0.1) is 0 Å². The Bertz CT molecular complexity index is 251. The Hall–Kier alpha value is -1.31. The van der Waals surface area contributed by atoms with E-state index in [0.717, 1.165) is 13.1 Å². The molecule has 0 aliphatic carbocycles. The molecule has 0 N–H and O–H groups in total. The van der Waals surface area contributed by atoms with Gasteiger partial charge in [0, 0.05) is 19.5 Å². The zero-order valence-electron chi connectivity index (χ0n) is 10.1. The van der Waals surface area contributed by atoms with E-state index in [1.807, 2.05) is 48.2 Å². The summed E-state index contributed by atoms with van der Waals surface area (Å²) in [6, 6.07) is 12.0. The van der Waals surface area contributed by atoms with Crippen LogP contribution < -0.4 is 0 Å². The summed E-state index contributed by atoms with van der Waals surface area (Å²) in [6.45, 7) is 3.91. The monoisotopic (exact) mass is 219 g/mol. The molecule has 1 aromatic carbocycles. The molecule has 2 rings (SSSR count). The maximum atomic E-state index is 11.1. The molecular weight excluding hydrogens is 198 g/mol. The number of rotatable bonds is 1. The summed E-state index contributed by atoms with van der Waals surface area (Å²) in [5, 5.41) is 0. The SMILES string of the molecule is CCC(=O)N1CCCCC1.c1ccccc1. The lowest BCUT2D eigenvalue weighted by Crippen LogP contribution is -2.34. The molecule has 0 unspecified atom stereocenters. The molecule has 2 heteroatoms. The first-order chi connectivity index (χ1) is 7.84.